The number of nitrogens with zero attached hydrogens (tertiary/aromatic N) is 2. The van der Waals surface area contributed by atoms with Gasteiger partial charge in [-0.25, -0.2) is 0 Å². The lowest BCUT2D eigenvalue weighted by Gasteiger charge is -2.29. The quantitative estimate of drug-likeness (QED) is 0.747. The molecule has 142 valence electrons. The van der Waals surface area contributed by atoms with Crippen molar-refractivity contribution in [3.63, 3.8) is 0 Å². The van der Waals surface area contributed by atoms with Gasteiger partial charge in [0.25, 0.3) is 5.91 Å². The van der Waals surface area contributed by atoms with E-state index < -0.39 is 18.2 Å². The molecule has 25 heavy (non-hydrogen) atoms. The van der Waals surface area contributed by atoms with Crippen LogP contribution in [0.5, 0.6) is 0 Å². The van der Waals surface area contributed by atoms with E-state index in [1.807, 2.05) is 27.7 Å². The summed E-state index contributed by atoms with van der Waals surface area (Å²) < 4.78 is 5.32. The number of carbonyl (C=O) groups is 3. The molecule has 2 saturated heterocycles. The molecule has 0 spiro atoms. The van der Waals surface area contributed by atoms with Crippen LogP contribution in [0.2, 0.25) is 0 Å². The fourth-order valence-corrected chi connectivity index (χ4v) is 4.00. The predicted octanol–water partition coefficient (Wildman–Crippen LogP) is 0.412. The van der Waals surface area contributed by atoms with Gasteiger partial charge in [0.1, 0.15) is 12.1 Å². The lowest BCUT2D eigenvalue weighted by Crippen LogP contribution is -2.50. The molecule has 4 atom stereocenters. The third-order valence-electron chi connectivity index (χ3n) is 5.13. The van der Waals surface area contributed by atoms with Gasteiger partial charge in [0.05, 0.1) is 18.6 Å². The van der Waals surface area contributed by atoms with Crippen molar-refractivity contribution in [3.05, 3.63) is 0 Å². The molecule has 2 amide bonds. The summed E-state index contributed by atoms with van der Waals surface area (Å²) in [4.78, 5) is 41.2. The maximum Gasteiger partial charge on any atom is 0.252 e. The largest absolute Gasteiger partial charge is 0.371 e. The molecule has 0 aliphatic carbocycles. The van der Waals surface area contributed by atoms with Crippen LogP contribution < -0.4 is 5.73 Å². The zero-order chi connectivity index (χ0) is 18.9. The fourth-order valence-electron chi connectivity index (χ4n) is 4.00. The van der Waals surface area contributed by atoms with Crippen molar-refractivity contribution in [1.82, 2.24) is 9.80 Å². The Morgan fingerprint density at radius 3 is 2.36 bits per heavy atom. The molecule has 2 aliphatic rings. The van der Waals surface area contributed by atoms with Crippen LogP contribution in [0.25, 0.3) is 0 Å². The average molecular weight is 353 g/mol. The molecule has 0 aromatic rings. The zero-order valence-corrected chi connectivity index (χ0v) is 15.9. The molecule has 2 heterocycles. The summed E-state index contributed by atoms with van der Waals surface area (Å²) in [5.74, 6) is -0.108. The van der Waals surface area contributed by atoms with Crippen molar-refractivity contribution in [3.8, 4) is 0 Å². The van der Waals surface area contributed by atoms with Crippen molar-refractivity contribution in [2.24, 2.45) is 17.6 Å². The Morgan fingerprint density at radius 2 is 1.84 bits per heavy atom. The van der Waals surface area contributed by atoms with Gasteiger partial charge in [-0.05, 0) is 24.7 Å². The molecule has 0 aromatic carbocycles. The van der Waals surface area contributed by atoms with Crippen LogP contribution in [0.1, 0.15) is 40.5 Å². The Hall–Kier alpha value is -1.47. The number of Topliss-reactive ketones (excluding diaryl/α,β-unsaturated/α-hetero) is 1. The molecule has 2 rings (SSSR count). The van der Waals surface area contributed by atoms with E-state index in [9.17, 15) is 14.4 Å². The summed E-state index contributed by atoms with van der Waals surface area (Å²) in [7, 11) is 1.51. The van der Waals surface area contributed by atoms with Crippen molar-refractivity contribution in [2.45, 2.75) is 64.8 Å². The Bertz CT molecular complexity index is 534. The summed E-state index contributed by atoms with van der Waals surface area (Å²) >= 11 is 0. The van der Waals surface area contributed by atoms with Crippen molar-refractivity contribution >= 4 is 17.6 Å². The molecule has 2 fully saturated rings. The van der Waals surface area contributed by atoms with E-state index in [4.69, 9.17) is 10.5 Å². The second kappa shape index (κ2) is 7.83. The number of methoxy groups -OCH3 is 1. The van der Waals surface area contributed by atoms with Gasteiger partial charge in [0.2, 0.25) is 5.91 Å². The van der Waals surface area contributed by atoms with E-state index in [1.165, 1.54) is 7.11 Å². The standard InChI is InChI=1S/C18H31N3O4/c1-10(2)8-12(19)17(23)20-7-6-13-15(20)14(22)9-21(13)18(24)16(25-5)11(3)4/h10-13,15-16H,6-9,19H2,1-5H3. The van der Waals surface area contributed by atoms with E-state index in [2.05, 4.69) is 0 Å². The predicted molar refractivity (Wildman–Crippen MR) is 93.7 cm³/mol. The van der Waals surface area contributed by atoms with Gasteiger partial charge in [-0.15, -0.1) is 0 Å². The third-order valence-corrected chi connectivity index (χ3v) is 5.13. The van der Waals surface area contributed by atoms with Crippen LogP contribution in [0.3, 0.4) is 0 Å². The SMILES string of the molecule is COC(C(=O)N1CC(=O)C2C1CCN2C(=O)C(N)CC(C)C)C(C)C. The molecular weight excluding hydrogens is 322 g/mol. The lowest BCUT2D eigenvalue weighted by atomic mass is 10.0. The van der Waals surface area contributed by atoms with Gasteiger partial charge in [-0.2, -0.15) is 0 Å². The van der Waals surface area contributed by atoms with Gasteiger partial charge in [0, 0.05) is 13.7 Å². The molecule has 0 bridgehead atoms. The number of hydrogen-bond donors (Lipinski definition) is 1. The van der Waals surface area contributed by atoms with Crippen LogP contribution in [0, 0.1) is 11.8 Å². The maximum absolute atomic E-state index is 12.8. The van der Waals surface area contributed by atoms with E-state index in [0.717, 1.165) is 0 Å². The Labute approximate surface area is 149 Å². The molecule has 0 radical (unpaired) electrons. The monoisotopic (exact) mass is 353 g/mol. The highest BCUT2D eigenvalue weighted by molar-refractivity contribution is 5.99. The molecule has 2 aliphatic heterocycles. The van der Waals surface area contributed by atoms with Gasteiger partial charge >= 0.3 is 0 Å². The van der Waals surface area contributed by atoms with Gasteiger partial charge in [-0.1, -0.05) is 27.7 Å². The summed E-state index contributed by atoms with van der Waals surface area (Å²) in [6.45, 7) is 8.36. The molecule has 4 unspecified atom stereocenters. The van der Waals surface area contributed by atoms with Gasteiger partial charge < -0.3 is 20.3 Å². The number of likely N-dealkylation sites (tertiary alicyclic amines) is 2. The molecule has 7 nitrogen and oxygen atoms in total. The summed E-state index contributed by atoms with van der Waals surface area (Å²) in [5.41, 5.74) is 6.03. The number of amides is 2. The van der Waals surface area contributed by atoms with Gasteiger partial charge in [0.15, 0.2) is 5.78 Å². The number of hydrogen-bond acceptors (Lipinski definition) is 5. The Balaban J connectivity index is 2.13. The summed E-state index contributed by atoms with van der Waals surface area (Å²) in [5, 5.41) is 0. The summed E-state index contributed by atoms with van der Waals surface area (Å²) in [6.07, 6.45) is 0.624. The van der Waals surface area contributed by atoms with E-state index >= 15 is 0 Å². The Morgan fingerprint density at radius 1 is 1.20 bits per heavy atom. The third kappa shape index (κ3) is 3.87. The van der Waals surface area contributed by atoms with Crippen LogP contribution >= 0.6 is 0 Å². The van der Waals surface area contributed by atoms with Crippen LogP contribution in [0.15, 0.2) is 0 Å². The number of nitrogens with two attached hydrogens (primary N) is 1. The summed E-state index contributed by atoms with van der Waals surface area (Å²) in [6, 6.07) is -1.41. The molecule has 2 N–H and O–H groups in total. The first kappa shape index (κ1) is 19.8. The van der Waals surface area contributed by atoms with Crippen molar-refractivity contribution in [2.75, 3.05) is 20.2 Å². The number of carbonyl (C=O) groups excluding carboxylic acids is 3. The van der Waals surface area contributed by atoms with Crippen molar-refractivity contribution < 1.29 is 19.1 Å². The van der Waals surface area contributed by atoms with E-state index in [1.54, 1.807) is 9.80 Å². The normalized spacial score (nSPS) is 25.7. The highest BCUT2D eigenvalue weighted by Gasteiger charge is 2.52. The first-order chi connectivity index (χ1) is 11.7. The highest BCUT2D eigenvalue weighted by atomic mass is 16.5. The van der Waals surface area contributed by atoms with Crippen LogP contribution in [-0.4, -0.2) is 71.8 Å². The number of fused-ring (bicyclic) bond motifs is 1. The Kier molecular flexibility index (Phi) is 6.21. The second-order valence-electron chi connectivity index (χ2n) is 7.90. The topological polar surface area (TPSA) is 92.9 Å². The maximum atomic E-state index is 12.8. The second-order valence-corrected chi connectivity index (χ2v) is 7.90. The minimum absolute atomic E-state index is 0.0188. The minimum Gasteiger partial charge on any atom is -0.371 e. The highest BCUT2D eigenvalue weighted by Crippen LogP contribution is 2.31. The number of ether oxygens (including phenoxy) is 1. The first-order valence-electron chi connectivity index (χ1n) is 9.11. The number of ketones is 1. The van der Waals surface area contributed by atoms with E-state index in [0.29, 0.717) is 25.3 Å². The lowest BCUT2D eigenvalue weighted by molar-refractivity contribution is -0.146. The number of rotatable bonds is 6. The molecular formula is C18H31N3O4. The fraction of sp³-hybridized carbons (Fsp3) is 0.833. The molecule has 7 heteroatoms. The van der Waals surface area contributed by atoms with Crippen LogP contribution in [0.4, 0.5) is 0 Å². The first-order valence-corrected chi connectivity index (χ1v) is 9.11. The van der Waals surface area contributed by atoms with E-state index in [-0.39, 0.29) is 36.1 Å². The minimum atomic E-state index is -0.598. The van der Waals surface area contributed by atoms with Crippen molar-refractivity contribution in [1.29, 1.82) is 0 Å². The van der Waals surface area contributed by atoms with Gasteiger partial charge in [-0.3, -0.25) is 14.4 Å². The van der Waals surface area contributed by atoms with Crippen LogP contribution in [-0.2, 0) is 19.1 Å². The molecule has 0 saturated carbocycles. The zero-order valence-electron chi connectivity index (χ0n) is 15.9. The average Bonchev–Trinajstić information content (AvgIpc) is 3.07. The smallest absolute Gasteiger partial charge is 0.252 e. The molecule has 0 aromatic heterocycles.